The van der Waals surface area contributed by atoms with Crippen LogP contribution in [0.3, 0.4) is 0 Å². The third-order valence-electron chi connectivity index (χ3n) is 5.51. The molecule has 6 heteroatoms. The zero-order valence-electron chi connectivity index (χ0n) is 16.7. The molecule has 0 saturated heterocycles. The fourth-order valence-corrected chi connectivity index (χ4v) is 4.41. The van der Waals surface area contributed by atoms with Crippen molar-refractivity contribution >= 4 is 69.6 Å². The highest BCUT2D eigenvalue weighted by Crippen LogP contribution is 2.32. The van der Waals surface area contributed by atoms with E-state index in [2.05, 4.69) is 33.2 Å². The molecule has 4 aromatic rings. The quantitative estimate of drug-likeness (QED) is 0.268. The van der Waals surface area contributed by atoms with Gasteiger partial charge in [0.05, 0.1) is 43.9 Å². The van der Waals surface area contributed by atoms with E-state index < -0.39 is 0 Å². The number of hydrogen-bond donors (Lipinski definition) is 2. The number of nitrogens with one attached hydrogen (secondary N) is 2. The molecule has 32 heavy (non-hydrogen) atoms. The highest BCUT2D eigenvalue weighted by Gasteiger charge is 2.13. The Morgan fingerprint density at radius 2 is 1.25 bits per heavy atom. The Labute approximate surface area is 193 Å². The van der Waals surface area contributed by atoms with Gasteiger partial charge in [0.25, 0.3) is 0 Å². The number of aromatic amines is 2. The van der Waals surface area contributed by atoms with Gasteiger partial charge < -0.3 is 9.97 Å². The topological polar surface area (TPSA) is 57.4 Å². The van der Waals surface area contributed by atoms with Crippen molar-refractivity contribution in [3.63, 3.8) is 0 Å². The van der Waals surface area contributed by atoms with E-state index in [0.717, 1.165) is 44.6 Å². The Morgan fingerprint density at radius 3 is 2.03 bits per heavy atom. The lowest BCUT2D eigenvalue weighted by Gasteiger charge is -2.03. The Hall–Kier alpha value is -3.60. The predicted molar refractivity (Wildman–Crippen MR) is 134 cm³/mol. The van der Waals surface area contributed by atoms with Gasteiger partial charge in [0.15, 0.2) is 0 Å². The molecule has 2 N–H and O–H groups in total. The van der Waals surface area contributed by atoms with Crippen LogP contribution in [0, 0.1) is 0 Å². The fraction of sp³-hybridized carbons (Fsp3) is 0. The summed E-state index contributed by atoms with van der Waals surface area (Å²) in [7, 11) is 0. The van der Waals surface area contributed by atoms with Crippen LogP contribution in [0.4, 0.5) is 0 Å². The van der Waals surface area contributed by atoms with E-state index in [9.17, 15) is 0 Å². The van der Waals surface area contributed by atoms with Crippen LogP contribution in [0.5, 0.6) is 0 Å². The molecule has 0 saturated carbocycles. The van der Waals surface area contributed by atoms with Crippen molar-refractivity contribution in [1.29, 1.82) is 0 Å². The number of fused-ring (bicyclic) bond motifs is 8. The number of benzene rings is 1. The van der Waals surface area contributed by atoms with Gasteiger partial charge in [-0.3, -0.25) is 0 Å². The third kappa shape index (κ3) is 3.25. The van der Waals surface area contributed by atoms with Gasteiger partial charge in [-0.2, -0.15) is 0 Å². The number of hydrogen-bond acceptors (Lipinski definition) is 2. The van der Waals surface area contributed by atoms with Gasteiger partial charge in [-0.15, -0.1) is 0 Å². The highest BCUT2D eigenvalue weighted by molar-refractivity contribution is 6.36. The largest absolute Gasteiger partial charge is 0.355 e. The summed E-state index contributed by atoms with van der Waals surface area (Å²) in [6, 6.07) is 20.1. The molecule has 5 heterocycles. The van der Waals surface area contributed by atoms with Gasteiger partial charge in [0.2, 0.25) is 0 Å². The fourth-order valence-electron chi connectivity index (χ4n) is 3.98. The first-order chi connectivity index (χ1) is 15.7. The molecule has 3 aromatic heterocycles. The summed E-state index contributed by atoms with van der Waals surface area (Å²) in [6.45, 7) is 0. The molecule has 6 rings (SSSR count). The van der Waals surface area contributed by atoms with Crippen LogP contribution >= 0.6 is 23.2 Å². The average Bonchev–Trinajstić information content (AvgIpc) is 3.61. The summed E-state index contributed by atoms with van der Waals surface area (Å²) >= 11 is 13.4. The van der Waals surface area contributed by atoms with Crippen molar-refractivity contribution < 1.29 is 0 Å². The van der Waals surface area contributed by atoms with Crippen LogP contribution in [0.15, 0.2) is 60.7 Å². The molecule has 4 nitrogen and oxygen atoms in total. The minimum absolute atomic E-state index is 0.531. The standard InChI is InChI=1S/C26H16Cl2N4/c27-25-20-9-7-17(30-20)14-16-6-8-18(29-16)24(15-4-2-1-3-5-15)19-10-11-21(31-19)26(28)23-13-12-22(25)32-23/h1-14,29,32H. The van der Waals surface area contributed by atoms with Crippen LogP contribution in [0.1, 0.15) is 22.8 Å². The van der Waals surface area contributed by atoms with Gasteiger partial charge in [0, 0.05) is 16.6 Å². The lowest BCUT2D eigenvalue weighted by molar-refractivity contribution is 1.31. The minimum Gasteiger partial charge on any atom is -0.355 e. The van der Waals surface area contributed by atoms with E-state index in [0.29, 0.717) is 21.4 Å². The molecule has 0 radical (unpaired) electrons. The molecule has 8 bridgehead atoms. The van der Waals surface area contributed by atoms with Crippen molar-refractivity contribution in [2.45, 2.75) is 0 Å². The molecule has 154 valence electrons. The zero-order valence-corrected chi connectivity index (χ0v) is 18.2. The Kier molecular flexibility index (Phi) is 4.49. The maximum atomic E-state index is 6.73. The van der Waals surface area contributed by atoms with Crippen LogP contribution < -0.4 is 0 Å². The number of H-pyrrole nitrogens is 2. The van der Waals surface area contributed by atoms with E-state index in [1.54, 1.807) is 0 Å². The number of nitrogens with zero attached hydrogens (tertiary/aromatic N) is 2. The summed E-state index contributed by atoms with van der Waals surface area (Å²) in [5, 5.41) is 1.07. The molecular weight excluding hydrogens is 439 g/mol. The highest BCUT2D eigenvalue weighted by atomic mass is 35.5. The van der Waals surface area contributed by atoms with Crippen molar-refractivity contribution in [1.82, 2.24) is 19.9 Å². The molecule has 0 aliphatic carbocycles. The summed E-state index contributed by atoms with van der Waals surface area (Å²) in [6.07, 6.45) is 7.79. The van der Waals surface area contributed by atoms with Gasteiger partial charge in [-0.05, 0) is 60.2 Å². The summed E-state index contributed by atoms with van der Waals surface area (Å²) in [5.74, 6) is 0. The second-order valence-electron chi connectivity index (χ2n) is 7.60. The van der Waals surface area contributed by atoms with Crippen molar-refractivity contribution in [3.8, 4) is 11.1 Å². The van der Waals surface area contributed by atoms with Gasteiger partial charge in [0.1, 0.15) is 0 Å². The molecule has 1 aromatic carbocycles. The van der Waals surface area contributed by atoms with E-state index in [-0.39, 0.29) is 0 Å². The maximum absolute atomic E-state index is 6.73. The van der Waals surface area contributed by atoms with E-state index in [1.165, 1.54) is 0 Å². The first-order valence-electron chi connectivity index (χ1n) is 10.2. The van der Waals surface area contributed by atoms with E-state index >= 15 is 0 Å². The van der Waals surface area contributed by atoms with E-state index in [1.807, 2.05) is 66.8 Å². The monoisotopic (exact) mass is 454 g/mol. The number of rotatable bonds is 1. The van der Waals surface area contributed by atoms with Gasteiger partial charge in [-0.25, -0.2) is 9.97 Å². The van der Waals surface area contributed by atoms with Crippen molar-refractivity contribution in [3.05, 3.63) is 93.5 Å². The summed E-state index contributed by atoms with van der Waals surface area (Å²) in [4.78, 5) is 16.3. The number of aromatic nitrogens is 4. The second-order valence-corrected chi connectivity index (χ2v) is 8.35. The summed E-state index contributed by atoms with van der Waals surface area (Å²) < 4.78 is 0. The Balaban J connectivity index is 1.77. The molecule has 0 fully saturated rings. The van der Waals surface area contributed by atoms with Gasteiger partial charge >= 0.3 is 0 Å². The van der Waals surface area contributed by atoms with Crippen LogP contribution in [-0.2, 0) is 0 Å². The first kappa shape index (κ1) is 19.1. The smallest absolute Gasteiger partial charge is 0.0897 e. The Morgan fingerprint density at radius 1 is 0.594 bits per heavy atom. The SMILES string of the molecule is Clc1c2nc(cc3ccc([nH]3)c(-c3ccccc3)c3nc(c(Cl)c4ccc1[nH]4)C=C3)C=C2. The molecule has 0 atom stereocenters. The molecule has 0 spiro atoms. The molecular formula is C26H16Cl2N4. The maximum Gasteiger partial charge on any atom is 0.0897 e. The Bertz CT molecular complexity index is 1590. The molecule has 0 amide bonds. The molecule has 2 aliphatic heterocycles. The zero-order chi connectivity index (χ0) is 21.7. The minimum atomic E-state index is 0.531. The van der Waals surface area contributed by atoms with E-state index in [4.69, 9.17) is 28.2 Å². The van der Waals surface area contributed by atoms with Crippen LogP contribution in [0.25, 0.3) is 57.5 Å². The second kappa shape index (κ2) is 7.52. The van der Waals surface area contributed by atoms with Crippen molar-refractivity contribution in [2.24, 2.45) is 0 Å². The predicted octanol–water partition coefficient (Wildman–Crippen LogP) is 7.63. The summed E-state index contributed by atoms with van der Waals surface area (Å²) in [5.41, 5.74) is 8.55. The first-order valence-corrected chi connectivity index (χ1v) is 10.9. The normalized spacial score (nSPS) is 12.4. The lowest BCUT2D eigenvalue weighted by atomic mass is 10.0. The van der Waals surface area contributed by atoms with Crippen molar-refractivity contribution in [2.75, 3.05) is 0 Å². The van der Waals surface area contributed by atoms with Crippen LogP contribution in [0.2, 0.25) is 10.0 Å². The lowest BCUT2D eigenvalue weighted by Crippen LogP contribution is -1.85. The third-order valence-corrected chi connectivity index (χ3v) is 6.30. The van der Waals surface area contributed by atoms with Gasteiger partial charge in [-0.1, -0.05) is 53.5 Å². The molecule has 2 aliphatic rings. The average molecular weight is 455 g/mol. The molecule has 0 unspecified atom stereocenters. The van der Waals surface area contributed by atoms with Crippen LogP contribution in [-0.4, -0.2) is 19.9 Å². The number of halogens is 2.